The smallest absolute Gasteiger partial charge is 0.252 e. The number of aryl methyl sites for hydroxylation is 2. The van der Waals surface area contributed by atoms with E-state index in [4.69, 9.17) is 16.1 Å². The molecular weight excluding hydrogens is 298 g/mol. The molecule has 0 fully saturated rings. The van der Waals surface area contributed by atoms with E-state index in [0.29, 0.717) is 11.5 Å². The zero-order chi connectivity index (χ0) is 13.3. The molecule has 0 bridgehead atoms. The number of halogens is 1. The Balaban J connectivity index is 2.15. The maximum atomic E-state index is 11.9. The van der Waals surface area contributed by atoms with E-state index in [0.717, 1.165) is 16.9 Å². The van der Waals surface area contributed by atoms with E-state index >= 15 is 0 Å². The SMILES string of the molecule is Cc1noc(C)c1CNS(=O)(=O)c1cnc(Cl)s1. The van der Waals surface area contributed by atoms with Crippen molar-refractivity contribution in [3.63, 3.8) is 0 Å². The van der Waals surface area contributed by atoms with Gasteiger partial charge in [0.2, 0.25) is 0 Å². The monoisotopic (exact) mass is 307 g/mol. The van der Waals surface area contributed by atoms with E-state index in [1.54, 1.807) is 13.8 Å². The van der Waals surface area contributed by atoms with Gasteiger partial charge in [-0.05, 0) is 13.8 Å². The molecule has 0 saturated heterocycles. The first-order chi connectivity index (χ1) is 8.40. The second-order valence-electron chi connectivity index (χ2n) is 3.56. The van der Waals surface area contributed by atoms with Crippen LogP contribution in [0.15, 0.2) is 14.9 Å². The Hall–Kier alpha value is -0.960. The molecule has 18 heavy (non-hydrogen) atoms. The van der Waals surface area contributed by atoms with Gasteiger partial charge in [-0.15, -0.1) is 0 Å². The first kappa shape index (κ1) is 13.5. The van der Waals surface area contributed by atoms with Gasteiger partial charge in [0.1, 0.15) is 5.76 Å². The molecule has 0 aliphatic carbocycles. The van der Waals surface area contributed by atoms with E-state index in [-0.39, 0.29) is 15.2 Å². The fourth-order valence-corrected chi connectivity index (χ4v) is 3.69. The summed E-state index contributed by atoms with van der Waals surface area (Å²) < 4.78 is 31.5. The van der Waals surface area contributed by atoms with Crippen LogP contribution in [0.3, 0.4) is 0 Å². The summed E-state index contributed by atoms with van der Waals surface area (Å²) in [5.41, 5.74) is 1.40. The van der Waals surface area contributed by atoms with Gasteiger partial charge in [-0.25, -0.2) is 18.1 Å². The first-order valence-electron chi connectivity index (χ1n) is 4.93. The van der Waals surface area contributed by atoms with Crippen molar-refractivity contribution in [2.24, 2.45) is 0 Å². The summed E-state index contributed by atoms with van der Waals surface area (Å²) >= 11 is 6.51. The summed E-state index contributed by atoms with van der Waals surface area (Å²) in [6.07, 6.45) is 1.22. The number of rotatable bonds is 4. The zero-order valence-electron chi connectivity index (χ0n) is 9.60. The average molecular weight is 308 g/mol. The molecule has 1 N–H and O–H groups in total. The van der Waals surface area contributed by atoms with Crippen LogP contribution in [0.5, 0.6) is 0 Å². The lowest BCUT2D eigenvalue weighted by atomic mass is 10.2. The van der Waals surface area contributed by atoms with Crippen LogP contribution in [0.1, 0.15) is 17.0 Å². The summed E-state index contributed by atoms with van der Waals surface area (Å²) in [6.45, 7) is 3.61. The molecule has 9 heteroatoms. The minimum Gasteiger partial charge on any atom is -0.361 e. The first-order valence-corrected chi connectivity index (χ1v) is 7.60. The number of hydrogen-bond acceptors (Lipinski definition) is 6. The minimum absolute atomic E-state index is 0.0826. The number of aromatic nitrogens is 2. The highest BCUT2D eigenvalue weighted by Gasteiger charge is 2.19. The molecule has 2 aromatic heterocycles. The van der Waals surface area contributed by atoms with Crippen LogP contribution >= 0.6 is 22.9 Å². The number of sulfonamides is 1. The highest BCUT2D eigenvalue weighted by molar-refractivity contribution is 7.91. The van der Waals surface area contributed by atoms with E-state index in [9.17, 15) is 8.42 Å². The molecule has 2 heterocycles. The maximum Gasteiger partial charge on any atom is 0.252 e. The summed E-state index contributed by atoms with van der Waals surface area (Å²) in [4.78, 5) is 3.70. The summed E-state index contributed by atoms with van der Waals surface area (Å²) in [6, 6.07) is 0. The Labute approximate surface area is 113 Å². The molecule has 0 unspecified atom stereocenters. The topological polar surface area (TPSA) is 85.1 Å². The third-order valence-corrected chi connectivity index (χ3v) is 5.32. The van der Waals surface area contributed by atoms with Crippen molar-refractivity contribution in [2.45, 2.75) is 24.6 Å². The van der Waals surface area contributed by atoms with E-state index in [2.05, 4.69) is 14.9 Å². The molecule has 0 amide bonds. The Morgan fingerprint density at radius 1 is 1.50 bits per heavy atom. The molecule has 0 aliphatic heterocycles. The van der Waals surface area contributed by atoms with Gasteiger partial charge >= 0.3 is 0 Å². The van der Waals surface area contributed by atoms with Gasteiger partial charge in [-0.1, -0.05) is 28.1 Å². The minimum atomic E-state index is -3.60. The molecule has 0 atom stereocenters. The molecule has 0 radical (unpaired) electrons. The van der Waals surface area contributed by atoms with Crippen molar-refractivity contribution in [1.82, 2.24) is 14.9 Å². The number of nitrogens with one attached hydrogen (secondary N) is 1. The molecule has 2 rings (SSSR count). The fraction of sp³-hybridized carbons (Fsp3) is 0.333. The van der Waals surface area contributed by atoms with Crippen LogP contribution in [0.25, 0.3) is 0 Å². The van der Waals surface area contributed by atoms with Crippen LogP contribution in [0.2, 0.25) is 4.47 Å². The number of nitrogens with zero attached hydrogens (tertiary/aromatic N) is 2. The zero-order valence-corrected chi connectivity index (χ0v) is 12.0. The summed E-state index contributed by atoms with van der Waals surface area (Å²) in [7, 11) is -3.60. The Kier molecular flexibility index (Phi) is 3.71. The average Bonchev–Trinajstić information content (AvgIpc) is 2.85. The highest BCUT2D eigenvalue weighted by atomic mass is 35.5. The molecule has 0 spiro atoms. The number of hydrogen-bond donors (Lipinski definition) is 1. The highest BCUT2D eigenvalue weighted by Crippen LogP contribution is 2.22. The maximum absolute atomic E-state index is 11.9. The standard InChI is InChI=1S/C9H10ClN3O3S2/c1-5-7(6(2)16-13-5)3-12-18(14,15)8-4-11-9(10)17-8/h4,12H,3H2,1-2H3. The molecule has 0 aliphatic rings. The van der Waals surface area contributed by atoms with E-state index in [1.807, 2.05) is 0 Å². The van der Waals surface area contributed by atoms with Gasteiger partial charge in [-0.3, -0.25) is 0 Å². The van der Waals surface area contributed by atoms with Crippen molar-refractivity contribution < 1.29 is 12.9 Å². The van der Waals surface area contributed by atoms with Crippen LogP contribution in [0, 0.1) is 13.8 Å². The van der Waals surface area contributed by atoms with Crippen molar-refractivity contribution in [2.75, 3.05) is 0 Å². The van der Waals surface area contributed by atoms with Gasteiger partial charge < -0.3 is 4.52 Å². The summed E-state index contributed by atoms with van der Waals surface area (Å²) in [5.74, 6) is 0.595. The van der Waals surface area contributed by atoms with Crippen molar-refractivity contribution in [3.8, 4) is 0 Å². The van der Waals surface area contributed by atoms with Gasteiger partial charge in [0.15, 0.2) is 8.68 Å². The summed E-state index contributed by atoms with van der Waals surface area (Å²) in [5, 5.41) is 3.75. The molecule has 6 nitrogen and oxygen atoms in total. The predicted octanol–water partition coefficient (Wildman–Crippen LogP) is 1.88. The third kappa shape index (κ3) is 2.72. The quantitative estimate of drug-likeness (QED) is 0.932. The second kappa shape index (κ2) is 4.96. The van der Waals surface area contributed by atoms with Crippen LogP contribution < -0.4 is 4.72 Å². The predicted molar refractivity (Wildman–Crippen MR) is 67.1 cm³/mol. The Bertz CT molecular complexity index is 643. The van der Waals surface area contributed by atoms with Crippen molar-refractivity contribution in [1.29, 1.82) is 0 Å². The Morgan fingerprint density at radius 2 is 2.22 bits per heavy atom. The lowest BCUT2D eigenvalue weighted by Gasteiger charge is -2.03. The van der Waals surface area contributed by atoms with Gasteiger partial charge in [0, 0.05) is 12.1 Å². The van der Waals surface area contributed by atoms with Crippen LogP contribution in [-0.4, -0.2) is 18.6 Å². The van der Waals surface area contributed by atoms with E-state index in [1.165, 1.54) is 6.20 Å². The number of thiazole rings is 1. The molecule has 2 aromatic rings. The fourth-order valence-electron chi connectivity index (χ4n) is 1.36. The molecular formula is C9H10ClN3O3S2. The van der Waals surface area contributed by atoms with Crippen LogP contribution in [-0.2, 0) is 16.6 Å². The van der Waals surface area contributed by atoms with Gasteiger partial charge in [0.05, 0.1) is 11.9 Å². The Morgan fingerprint density at radius 3 is 2.72 bits per heavy atom. The lowest BCUT2D eigenvalue weighted by Crippen LogP contribution is -2.22. The van der Waals surface area contributed by atoms with Gasteiger partial charge in [0.25, 0.3) is 10.0 Å². The third-order valence-electron chi connectivity index (χ3n) is 2.34. The molecule has 0 saturated carbocycles. The second-order valence-corrected chi connectivity index (χ2v) is 7.17. The van der Waals surface area contributed by atoms with Crippen LogP contribution in [0.4, 0.5) is 0 Å². The van der Waals surface area contributed by atoms with Crippen molar-refractivity contribution >= 4 is 33.0 Å². The normalized spacial score (nSPS) is 11.9. The van der Waals surface area contributed by atoms with E-state index < -0.39 is 10.0 Å². The van der Waals surface area contributed by atoms with Crippen molar-refractivity contribution in [3.05, 3.63) is 27.7 Å². The largest absolute Gasteiger partial charge is 0.361 e. The lowest BCUT2D eigenvalue weighted by molar-refractivity contribution is 0.392. The molecule has 0 aromatic carbocycles. The van der Waals surface area contributed by atoms with Gasteiger partial charge in [-0.2, -0.15) is 0 Å². The molecule has 98 valence electrons.